The molecule has 0 unspecified atom stereocenters. The summed E-state index contributed by atoms with van der Waals surface area (Å²) in [6, 6.07) is 3.47. The van der Waals surface area contributed by atoms with Crippen LogP contribution in [-0.4, -0.2) is 28.6 Å². The van der Waals surface area contributed by atoms with Crippen LogP contribution in [0.15, 0.2) is 18.3 Å². The lowest BCUT2D eigenvalue weighted by Crippen LogP contribution is -2.06. The molecule has 0 aromatic carbocycles. The Morgan fingerprint density at radius 1 is 1.39 bits per heavy atom. The Morgan fingerprint density at radius 2 is 2.17 bits per heavy atom. The molecule has 0 aliphatic rings. The molecule has 0 atom stereocenters. The molecule has 0 aliphatic heterocycles. The second-order valence-corrected chi connectivity index (χ2v) is 3.83. The van der Waals surface area contributed by atoms with Crippen molar-refractivity contribution in [1.82, 2.24) is 4.98 Å². The van der Waals surface area contributed by atoms with E-state index in [9.17, 15) is 9.59 Å². The molecule has 18 heavy (non-hydrogen) atoms. The van der Waals surface area contributed by atoms with E-state index in [4.69, 9.17) is 9.84 Å². The monoisotopic (exact) mass is 251 g/mol. The summed E-state index contributed by atoms with van der Waals surface area (Å²) in [7, 11) is 0. The molecular weight excluding hydrogens is 234 g/mol. The van der Waals surface area contributed by atoms with Crippen LogP contribution in [0.5, 0.6) is 0 Å². The van der Waals surface area contributed by atoms with Crippen LogP contribution >= 0.6 is 0 Å². The minimum atomic E-state index is -1.02. The second kappa shape index (κ2) is 7.42. The number of carboxylic acid groups (broad SMARTS) is 1. The van der Waals surface area contributed by atoms with Gasteiger partial charge in [0.15, 0.2) is 5.69 Å². The van der Waals surface area contributed by atoms with Gasteiger partial charge in [0.25, 0.3) is 0 Å². The largest absolute Gasteiger partial charge is 0.477 e. The molecule has 1 N–H and O–H groups in total. The smallest absolute Gasteiger partial charge is 0.354 e. The number of hydrogen-bond donors (Lipinski definition) is 1. The number of unbranched alkanes of at least 4 members (excludes halogenated alkanes) is 1. The molecule has 1 rings (SSSR count). The zero-order valence-electron chi connectivity index (χ0n) is 10.4. The van der Waals surface area contributed by atoms with E-state index < -0.39 is 5.97 Å². The number of carbonyl (C=O) groups is 2. The number of carbonyl (C=O) groups excluding carboxylic acids is 1. The molecule has 1 aromatic rings. The second-order valence-electron chi connectivity index (χ2n) is 3.83. The SMILES string of the molecule is CCOC(=O)CCCCc1cccnc1C(=O)O. The van der Waals surface area contributed by atoms with Gasteiger partial charge in [-0.05, 0) is 37.8 Å². The maximum Gasteiger partial charge on any atom is 0.354 e. The Kier molecular flexibility index (Phi) is 5.84. The highest BCUT2D eigenvalue weighted by molar-refractivity contribution is 5.86. The Labute approximate surface area is 106 Å². The van der Waals surface area contributed by atoms with Gasteiger partial charge in [-0.3, -0.25) is 4.79 Å². The van der Waals surface area contributed by atoms with Crippen LogP contribution in [0.3, 0.4) is 0 Å². The summed E-state index contributed by atoms with van der Waals surface area (Å²) in [6.45, 7) is 2.16. The summed E-state index contributed by atoms with van der Waals surface area (Å²) in [5, 5.41) is 8.94. The Morgan fingerprint density at radius 3 is 2.83 bits per heavy atom. The van der Waals surface area contributed by atoms with E-state index in [-0.39, 0.29) is 11.7 Å². The van der Waals surface area contributed by atoms with E-state index in [0.29, 0.717) is 31.4 Å². The summed E-state index contributed by atoms with van der Waals surface area (Å²) in [5.41, 5.74) is 0.794. The number of esters is 1. The molecule has 1 heterocycles. The maximum absolute atomic E-state index is 11.1. The van der Waals surface area contributed by atoms with Crippen molar-refractivity contribution in [2.75, 3.05) is 6.61 Å². The molecule has 0 aliphatic carbocycles. The van der Waals surface area contributed by atoms with Crippen molar-refractivity contribution >= 4 is 11.9 Å². The molecule has 0 fully saturated rings. The first-order valence-corrected chi connectivity index (χ1v) is 5.98. The van der Waals surface area contributed by atoms with Crippen molar-refractivity contribution < 1.29 is 19.4 Å². The van der Waals surface area contributed by atoms with Crippen LogP contribution in [0, 0.1) is 0 Å². The fourth-order valence-corrected chi connectivity index (χ4v) is 1.65. The summed E-state index contributed by atoms with van der Waals surface area (Å²) < 4.78 is 4.81. The number of rotatable bonds is 7. The third-order valence-electron chi connectivity index (χ3n) is 2.48. The van der Waals surface area contributed by atoms with Crippen molar-refractivity contribution in [1.29, 1.82) is 0 Å². The predicted molar refractivity (Wildman–Crippen MR) is 65.4 cm³/mol. The van der Waals surface area contributed by atoms with Gasteiger partial charge in [0.05, 0.1) is 6.61 Å². The Bertz CT molecular complexity index is 417. The summed E-state index contributed by atoms with van der Waals surface area (Å²) in [6.07, 6.45) is 3.87. The first-order chi connectivity index (χ1) is 8.65. The quantitative estimate of drug-likeness (QED) is 0.593. The average molecular weight is 251 g/mol. The lowest BCUT2D eigenvalue weighted by atomic mass is 10.1. The molecular formula is C13H17NO4. The highest BCUT2D eigenvalue weighted by Crippen LogP contribution is 2.10. The normalized spacial score (nSPS) is 10.1. The fraction of sp³-hybridized carbons (Fsp3) is 0.462. The molecule has 0 bridgehead atoms. The van der Waals surface area contributed by atoms with Gasteiger partial charge in [-0.15, -0.1) is 0 Å². The minimum absolute atomic E-state index is 0.0913. The number of ether oxygens (including phenoxy) is 1. The minimum Gasteiger partial charge on any atom is -0.477 e. The van der Waals surface area contributed by atoms with Crippen molar-refractivity contribution in [3.8, 4) is 0 Å². The Hall–Kier alpha value is -1.91. The molecule has 0 saturated carbocycles. The number of pyridine rings is 1. The number of nitrogens with zero attached hydrogens (tertiary/aromatic N) is 1. The van der Waals surface area contributed by atoms with Gasteiger partial charge in [0, 0.05) is 12.6 Å². The number of aromatic carboxylic acids is 1. The van der Waals surface area contributed by atoms with Gasteiger partial charge in [0.2, 0.25) is 0 Å². The van der Waals surface area contributed by atoms with Crippen LogP contribution < -0.4 is 0 Å². The first kappa shape index (κ1) is 14.2. The van der Waals surface area contributed by atoms with Gasteiger partial charge in [-0.2, -0.15) is 0 Å². The summed E-state index contributed by atoms with van der Waals surface area (Å²) in [4.78, 5) is 25.8. The highest BCUT2D eigenvalue weighted by Gasteiger charge is 2.10. The third-order valence-corrected chi connectivity index (χ3v) is 2.48. The van der Waals surface area contributed by atoms with E-state index in [1.807, 2.05) is 0 Å². The fourth-order valence-electron chi connectivity index (χ4n) is 1.65. The summed E-state index contributed by atoms with van der Waals surface area (Å²) in [5.74, 6) is -1.22. The number of aromatic nitrogens is 1. The van der Waals surface area contributed by atoms with Crippen LogP contribution in [0.1, 0.15) is 42.2 Å². The van der Waals surface area contributed by atoms with Gasteiger partial charge in [-0.25, -0.2) is 9.78 Å². The van der Waals surface area contributed by atoms with Gasteiger partial charge in [-0.1, -0.05) is 6.07 Å². The average Bonchev–Trinajstić information content (AvgIpc) is 2.35. The molecule has 1 aromatic heterocycles. The zero-order chi connectivity index (χ0) is 13.4. The van der Waals surface area contributed by atoms with Gasteiger partial charge < -0.3 is 9.84 Å². The van der Waals surface area contributed by atoms with E-state index in [0.717, 1.165) is 6.42 Å². The van der Waals surface area contributed by atoms with E-state index in [2.05, 4.69) is 4.98 Å². The van der Waals surface area contributed by atoms with Crippen molar-refractivity contribution in [3.63, 3.8) is 0 Å². The van der Waals surface area contributed by atoms with Gasteiger partial charge in [0.1, 0.15) is 0 Å². The maximum atomic E-state index is 11.1. The Balaban J connectivity index is 2.40. The lowest BCUT2D eigenvalue weighted by molar-refractivity contribution is -0.143. The van der Waals surface area contributed by atoms with E-state index in [1.165, 1.54) is 6.20 Å². The molecule has 0 amide bonds. The highest BCUT2D eigenvalue weighted by atomic mass is 16.5. The molecule has 98 valence electrons. The number of carboxylic acids is 1. The third kappa shape index (κ3) is 4.53. The first-order valence-electron chi connectivity index (χ1n) is 5.98. The van der Waals surface area contributed by atoms with E-state index in [1.54, 1.807) is 19.1 Å². The molecule has 5 heteroatoms. The van der Waals surface area contributed by atoms with Crippen LogP contribution in [0.2, 0.25) is 0 Å². The number of aryl methyl sites for hydroxylation is 1. The topological polar surface area (TPSA) is 76.5 Å². The summed E-state index contributed by atoms with van der Waals surface area (Å²) >= 11 is 0. The van der Waals surface area contributed by atoms with Crippen LogP contribution in [0.4, 0.5) is 0 Å². The van der Waals surface area contributed by atoms with Crippen molar-refractivity contribution in [2.45, 2.75) is 32.6 Å². The zero-order valence-corrected chi connectivity index (χ0v) is 10.4. The number of hydrogen-bond acceptors (Lipinski definition) is 4. The van der Waals surface area contributed by atoms with Crippen LogP contribution in [0.25, 0.3) is 0 Å². The molecule has 0 spiro atoms. The van der Waals surface area contributed by atoms with E-state index >= 15 is 0 Å². The lowest BCUT2D eigenvalue weighted by Gasteiger charge is -2.04. The molecule has 0 saturated heterocycles. The van der Waals surface area contributed by atoms with Crippen LogP contribution in [-0.2, 0) is 16.0 Å². The van der Waals surface area contributed by atoms with Crippen molar-refractivity contribution in [2.24, 2.45) is 0 Å². The standard InChI is InChI=1S/C13H17NO4/c1-2-18-11(15)8-4-3-6-10-7-5-9-14-12(10)13(16)17/h5,7,9H,2-4,6,8H2,1H3,(H,16,17). The molecule has 0 radical (unpaired) electrons. The molecule has 5 nitrogen and oxygen atoms in total. The van der Waals surface area contributed by atoms with Crippen molar-refractivity contribution in [3.05, 3.63) is 29.6 Å². The van der Waals surface area contributed by atoms with Gasteiger partial charge >= 0.3 is 11.9 Å². The predicted octanol–water partition coefficient (Wildman–Crippen LogP) is 2.06.